The van der Waals surface area contributed by atoms with Gasteiger partial charge in [0, 0.05) is 43.1 Å². The molecule has 0 N–H and O–H groups in total. The summed E-state index contributed by atoms with van der Waals surface area (Å²) in [5, 5.41) is 0. The number of pyridine rings is 1. The van der Waals surface area contributed by atoms with Crippen LogP contribution in [0.4, 0.5) is 5.82 Å². The number of carbonyl (C=O) groups excluding carboxylic acids is 1. The number of amides is 1. The molecular formula is C21H24BrN3O3S. The number of benzene rings is 1. The van der Waals surface area contributed by atoms with Gasteiger partial charge < -0.3 is 9.80 Å². The first kappa shape index (κ1) is 20.3. The van der Waals surface area contributed by atoms with Gasteiger partial charge in [0.2, 0.25) is 0 Å². The van der Waals surface area contributed by atoms with Gasteiger partial charge in [0.25, 0.3) is 5.91 Å². The van der Waals surface area contributed by atoms with Crippen LogP contribution in [0.1, 0.15) is 40.2 Å². The fraction of sp³-hybridized carbons (Fsp3) is 0.429. The van der Waals surface area contributed by atoms with E-state index in [4.69, 9.17) is 0 Å². The van der Waals surface area contributed by atoms with Crippen LogP contribution in [0.2, 0.25) is 0 Å². The fourth-order valence-corrected chi connectivity index (χ4v) is 5.22. The van der Waals surface area contributed by atoms with Crippen LogP contribution in [-0.2, 0) is 9.84 Å². The molecule has 0 radical (unpaired) electrons. The van der Waals surface area contributed by atoms with Crippen molar-refractivity contribution in [2.75, 3.05) is 37.3 Å². The van der Waals surface area contributed by atoms with Crippen molar-refractivity contribution < 1.29 is 13.2 Å². The van der Waals surface area contributed by atoms with Gasteiger partial charge in [-0.05, 0) is 55.0 Å². The Bertz CT molecular complexity index is 1060. The number of carbonyl (C=O) groups is 1. The summed E-state index contributed by atoms with van der Waals surface area (Å²) < 4.78 is 25.0. The van der Waals surface area contributed by atoms with Gasteiger partial charge in [-0.25, -0.2) is 13.4 Å². The third-order valence-electron chi connectivity index (χ3n) is 5.49. The molecule has 0 unspecified atom stereocenters. The van der Waals surface area contributed by atoms with Crippen molar-refractivity contribution >= 4 is 37.5 Å². The predicted octanol–water partition coefficient (Wildman–Crippen LogP) is 3.40. The SMILES string of the molecule is Cc1cnc(N2CCN(C(=O)c3ccc(Br)cc3S(C)(=O)=O)CC2)c(C2CC2)c1. The number of rotatable bonds is 4. The van der Waals surface area contributed by atoms with E-state index in [0.29, 0.717) is 36.6 Å². The minimum absolute atomic E-state index is 0.0653. The summed E-state index contributed by atoms with van der Waals surface area (Å²) in [5.41, 5.74) is 2.72. The van der Waals surface area contributed by atoms with Gasteiger partial charge in [-0.3, -0.25) is 4.79 Å². The maximum absolute atomic E-state index is 13.1. The van der Waals surface area contributed by atoms with Crippen LogP contribution in [0.5, 0.6) is 0 Å². The topological polar surface area (TPSA) is 70.6 Å². The summed E-state index contributed by atoms with van der Waals surface area (Å²) in [5.74, 6) is 1.40. The molecule has 2 aliphatic rings. The molecule has 2 heterocycles. The van der Waals surface area contributed by atoms with Crippen LogP contribution in [0.25, 0.3) is 0 Å². The lowest BCUT2D eigenvalue weighted by molar-refractivity contribution is 0.0742. The first-order valence-corrected chi connectivity index (χ1v) is 12.4. The zero-order valence-corrected chi connectivity index (χ0v) is 19.0. The standard InChI is InChI=1S/C21H24BrN3O3S/c1-14-11-18(15-3-4-15)20(23-13-14)24-7-9-25(10-8-24)21(26)17-6-5-16(22)12-19(17)29(2,27)28/h5-6,11-13,15H,3-4,7-10H2,1-2H3. The number of hydrogen-bond donors (Lipinski definition) is 0. The lowest BCUT2D eigenvalue weighted by Crippen LogP contribution is -2.49. The monoisotopic (exact) mass is 477 g/mol. The number of piperazine rings is 1. The molecule has 8 heteroatoms. The van der Waals surface area contributed by atoms with Gasteiger partial charge in [0.05, 0.1) is 10.5 Å². The van der Waals surface area contributed by atoms with E-state index >= 15 is 0 Å². The largest absolute Gasteiger partial charge is 0.353 e. The van der Waals surface area contributed by atoms with E-state index in [1.165, 1.54) is 30.0 Å². The van der Waals surface area contributed by atoms with Gasteiger partial charge in [-0.1, -0.05) is 22.0 Å². The molecule has 2 aromatic rings. The second-order valence-corrected chi connectivity index (χ2v) is 10.8. The van der Waals surface area contributed by atoms with Crippen molar-refractivity contribution in [3.8, 4) is 0 Å². The Morgan fingerprint density at radius 2 is 1.83 bits per heavy atom. The Balaban J connectivity index is 1.52. The molecule has 0 bridgehead atoms. The van der Waals surface area contributed by atoms with Crippen LogP contribution >= 0.6 is 15.9 Å². The van der Waals surface area contributed by atoms with Crippen LogP contribution in [-0.4, -0.2) is 56.6 Å². The molecule has 4 rings (SSSR count). The Labute approximate surface area is 180 Å². The fourth-order valence-electron chi connectivity index (χ4n) is 3.81. The van der Waals surface area contributed by atoms with Crippen molar-refractivity contribution in [2.24, 2.45) is 0 Å². The van der Waals surface area contributed by atoms with Gasteiger partial charge in [0.15, 0.2) is 9.84 Å². The highest BCUT2D eigenvalue weighted by Gasteiger charge is 2.31. The molecule has 0 spiro atoms. The summed E-state index contributed by atoms with van der Waals surface area (Å²) in [6, 6.07) is 7.02. The Kier molecular flexibility index (Phi) is 5.42. The van der Waals surface area contributed by atoms with E-state index < -0.39 is 9.84 Å². The number of hydrogen-bond acceptors (Lipinski definition) is 5. The lowest BCUT2D eigenvalue weighted by Gasteiger charge is -2.36. The zero-order valence-electron chi connectivity index (χ0n) is 16.6. The summed E-state index contributed by atoms with van der Waals surface area (Å²) in [7, 11) is -3.50. The maximum atomic E-state index is 13.1. The van der Waals surface area contributed by atoms with Crippen LogP contribution < -0.4 is 4.90 Å². The number of nitrogens with zero attached hydrogens (tertiary/aromatic N) is 3. The predicted molar refractivity (Wildman–Crippen MR) is 116 cm³/mol. The van der Waals surface area contributed by atoms with E-state index in [9.17, 15) is 13.2 Å². The zero-order chi connectivity index (χ0) is 20.8. The van der Waals surface area contributed by atoms with Crippen molar-refractivity contribution in [3.05, 3.63) is 51.6 Å². The van der Waals surface area contributed by atoms with Gasteiger partial charge in [-0.2, -0.15) is 0 Å². The second kappa shape index (κ2) is 7.72. The summed E-state index contributed by atoms with van der Waals surface area (Å²) in [6.07, 6.45) is 5.47. The molecule has 1 amide bonds. The smallest absolute Gasteiger partial charge is 0.255 e. The maximum Gasteiger partial charge on any atom is 0.255 e. The quantitative estimate of drug-likeness (QED) is 0.674. The van der Waals surface area contributed by atoms with Crippen LogP contribution in [0.3, 0.4) is 0 Å². The van der Waals surface area contributed by atoms with E-state index in [-0.39, 0.29) is 16.4 Å². The Morgan fingerprint density at radius 1 is 1.14 bits per heavy atom. The first-order valence-electron chi connectivity index (χ1n) is 9.74. The molecule has 1 saturated carbocycles. The molecule has 1 saturated heterocycles. The number of sulfone groups is 1. The average molecular weight is 478 g/mol. The van der Waals surface area contributed by atoms with Crippen molar-refractivity contribution in [3.63, 3.8) is 0 Å². The van der Waals surface area contributed by atoms with Crippen LogP contribution in [0.15, 0.2) is 39.8 Å². The van der Waals surface area contributed by atoms with Crippen LogP contribution in [0, 0.1) is 6.92 Å². The molecule has 6 nitrogen and oxygen atoms in total. The molecule has 2 fully saturated rings. The number of anilines is 1. The first-order chi connectivity index (χ1) is 13.7. The second-order valence-electron chi connectivity index (χ2n) is 7.89. The van der Waals surface area contributed by atoms with Crippen molar-refractivity contribution in [1.82, 2.24) is 9.88 Å². The highest BCUT2D eigenvalue weighted by molar-refractivity contribution is 9.10. The Hall–Kier alpha value is -1.93. The van der Waals surface area contributed by atoms with E-state index in [0.717, 1.165) is 12.1 Å². The third-order valence-corrected chi connectivity index (χ3v) is 7.12. The minimum atomic E-state index is -3.50. The summed E-state index contributed by atoms with van der Waals surface area (Å²) in [6.45, 7) is 4.52. The molecule has 1 aliphatic heterocycles. The molecule has 29 heavy (non-hydrogen) atoms. The molecular weight excluding hydrogens is 454 g/mol. The van der Waals surface area contributed by atoms with E-state index in [1.807, 2.05) is 6.20 Å². The number of halogens is 1. The molecule has 0 atom stereocenters. The Morgan fingerprint density at radius 3 is 2.45 bits per heavy atom. The molecule has 1 aromatic heterocycles. The van der Waals surface area contributed by atoms with Crippen molar-refractivity contribution in [1.29, 1.82) is 0 Å². The number of aromatic nitrogens is 1. The third kappa shape index (κ3) is 4.33. The normalized spacial score (nSPS) is 17.5. The van der Waals surface area contributed by atoms with E-state index in [1.54, 1.807) is 17.0 Å². The summed E-state index contributed by atoms with van der Waals surface area (Å²) in [4.78, 5) is 21.8. The highest BCUT2D eigenvalue weighted by atomic mass is 79.9. The molecule has 1 aromatic carbocycles. The summed E-state index contributed by atoms with van der Waals surface area (Å²) >= 11 is 3.29. The van der Waals surface area contributed by atoms with Gasteiger partial charge in [-0.15, -0.1) is 0 Å². The number of aryl methyl sites for hydroxylation is 1. The minimum Gasteiger partial charge on any atom is -0.353 e. The van der Waals surface area contributed by atoms with Gasteiger partial charge in [0.1, 0.15) is 5.82 Å². The average Bonchev–Trinajstić information content (AvgIpc) is 3.52. The molecule has 1 aliphatic carbocycles. The highest BCUT2D eigenvalue weighted by Crippen LogP contribution is 2.44. The van der Waals surface area contributed by atoms with Gasteiger partial charge >= 0.3 is 0 Å². The van der Waals surface area contributed by atoms with E-state index in [2.05, 4.69) is 38.8 Å². The van der Waals surface area contributed by atoms with Crippen molar-refractivity contribution in [2.45, 2.75) is 30.6 Å². The lowest BCUT2D eigenvalue weighted by atomic mass is 10.1. The molecule has 154 valence electrons.